The first-order valence-electron chi connectivity index (χ1n) is 3.77. The van der Waals surface area contributed by atoms with Crippen molar-refractivity contribution in [1.29, 1.82) is 5.16 Å². The van der Waals surface area contributed by atoms with Crippen molar-refractivity contribution in [2.75, 3.05) is 39.5 Å². The zero-order valence-electron chi connectivity index (χ0n) is 6.80. The van der Waals surface area contributed by atoms with Crippen molar-refractivity contribution in [1.82, 2.24) is 4.67 Å². The number of hydrogen-bond acceptors (Lipinski definition) is 1. The molecule has 0 amide bonds. The van der Waals surface area contributed by atoms with Crippen LogP contribution in [0.2, 0.25) is 0 Å². The largest absolute Gasteiger partial charge is 0.344 e. The van der Waals surface area contributed by atoms with Gasteiger partial charge in [-0.05, 0) is 13.3 Å². The molecule has 1 rings (SSSR count). The van der Waals surface area contributed by atoms with E-state index in [1.54, 1.807) is 0 Å². The molecule has 4 heteroatoms. The first-order chi connectivity index (χ1) is 4.61. The van der Waals surface area contributed by atoms with Gasteiger partial charge in [0.2, 0.25) is 0 Å². The summed E-state index contributed by atoms with van der Waals surface area (Å²) >= 11 is 0. The van der Waals surface area contributed by atoms with E-state index < -0.39 is 7.21 Å². The van der Waals surface area contributed by atoms with Crippen LogP contribution in [0.3, 0.4) is 0 Å². The van der Waals surface area contributed by atoms with Crippen molar-refractivity contribution in [2.24, 2.45) is 0 Å². The first kappa shape index (κ1) is 8.25. The van der Waals surface area contributed by atoms with E-state index in [-0.39, 0.29) is 0 Å². The second-order valence-corrected chi connectivity index (χ2v) is 6.57. The van der Waals surface area contributed by atoms with Gasteiger partial charge < -0.3 is 10.5 Å². The fourth-order valence-electron chi connectivity index (χ4n) is 1.24. The third-order valence-electron chi connectivity index (χ3n) is 1.89. The number of nitrogens with one attached hydrogen (secondary N) is 1. The van der Waals surface area contributed by atoms with E-state index in [1.807, 2.05) is 0 Å². The lowest BCUT2D eigenvalue weighted by Crippen LogP contribution is -2.89. The summed E-state index contributed by atoms with van der Waals surface area (Å²) in [6, 6.07) is 0. The van der Waals surface area contributed by atoms with Gasteiger partial charge in [-0.15, -0.1) is 0 Å². The van der Waals surface area contributed by atoms with Crippen LogP contribution >= 0.6 is 7.21 Å². The molecule has 10 heavy (non-hydrogen) atoms. The summed E-state index contributed by atoms with van der Waals surface area (Å²) in [5, 5.41) is 10.2. The Hall–Kier alpha value is 0.150. The molecule has 0 spiro atoms. The van der Waals surface area contributed by atoms with Gasteiger partial charge in [0.05, 0.1) is 26.2 Å². The number of rotatable bonds is 1. The zero-order chi connectivity index (χ0) is 7.61. The lowest BCUT2D eigenvalue weighted by Gasteiger charge is -2.31. The molecule has 0 unspecified atom stereocenters. The highest BCUT2D eigenvalue weighted by molar-refractivity contribution is 7.61. The lowest BCUT2D eigenvalue weighted by molar-refractivity contribution is -0.661. The summed E-state index contributed by atoms with van der Waals surface area (Å²) in [5.74, 6) is 0. The summed E-state index contributed by atoms with van der Waals surface area (Å²) in [5.41, 5.74) is 0. The van der Waals surface area contributed by atoms with E-state index in [9.17, 15) is 0 Å². The van der Waals surface area contributed by atoms with E-state index in [0.717, 1.165) is 13.1 Å². The summed E-state index contributed by atoms with van der Waals surface area (Å²) in [6.07, 6.45) is 0. The quantitative estimate of drug-likeness (QED) is 0.516. The molecule has 3 N–H and O–H groups in total. The van der Waals surface area contributed by atoms with Crippen molar-refractivity contribution in [2.45, 2.75) is 0 Å². The average molecular weight is 162 g/mol. The van der Waals surface area contributed by atoms with Crippen LogP contribution in [0.4, 0.5) is 0 Å². The molecule has 0 aliphatic carbocycles. The van der Waals surface area contributed by atoms with E-state index >= 15 is 0 Å². The predicted molar refractivity (Wildman–Crippen MR) is 44.7 cm³/mol. The van der Waals surface area contributed by atoms with Gasteiger partial charge in [0, 0.05) is 7.21 Å². The van der Waals surface area contributed by atoms with E-state index in [1.165, 1.54) is 13.1 Å². The molecular weight excluding hydrogens is 145 g/mol. The molecule has 0 atom stereocenters. The average Bonchev–Trinajstić information content (AvgIpc) is 1.88. The molecule has 60 valence electrons. The smallest absolute Gasteiger partial charge is 0.0888 e. The first-order valence-corrected chi connectivity index (χ1v) is 6.40. The van der Waals surface area contributed by atoms with Gasteiger partial charge in [0.25, 0.3) is 0 Å². The molecule has 0 aromatic carbocycles. The van der Waals surface area contributed by atoms with E-state index in [2.05, 4.69) is 23.3 Å². The van der Waals surface area contributed by atoms with Crippen LogP contribution in [0, 0.1) is 5.16 Å². The van der Waals surface area contributed by atoms with Crippen molar-refractivity contribution >= 4 is 7.21 Å². The lowest BCUT2D eigenvalue weighted by atomic mass is 10.4. The van der Waals surface area contributed by atoms with Crippen LogP contribution in [0.1, 0.15) is 0 Å². The Labute approximate surface area is 62.7 Å². The molecule has 1 saturated heterocycles. The van der Waals surface area contributed by atoms with Gasteiger partial charge >= 0.3 is 0 Å². The molecule has 1 fully saturated rings. The SMILES string of the molecule is CP(C)(=N)N1CC[NH2+]CC1. The van der Waals surface area contributed by atoms with Gasteiger partial charge in [-0.2, -0.15) is 0 Å². The molecule has 0 aromatic heterocycles. The van der Waals surface area contributed by atoms with Gasteiger partial charge in [0.1, 0.15) is 0 Å². The Kier molecular flexibility index (Phi) is 2.50. The van der Waals surface area contributed by atoms with Crippen LogP contribution in [-0.4, -0.2) is 44.2 Å². The maximum atomic E-state index is 7.85. The van der Waals surface area contributed by atoms with Gasteiger partial charge in [-0.1, -0.05) is 0 Å². The van der Waals surface area contributed by atoms with Gasteiger partial charge in [-0.3, -0.25) is 4.67 Å². The Morgan fingerprint density at radius 2 is 1.80 bits per heavy atom. The minimum absolute atomic E-state index is 1.12. The Morgan fingerprint density at radius 3 is 2.10 bits per heavy atom. The highest BCUT2D eigenvalue weighted by Crippen LogP contribution is 2.41. The number of nitrogens with zero attached hydrogens (tertiary/aromatic N) is 1. The monoisotopic (exact) mass is 162 g/mol. The standard InChI is InChI=1S/C6H16N3P/c1-10(2,7)9-5-3-8-4-6-9/h7-8H,3-6H2,1-2H3/p+1. The van der Waals surface area contributed by atoms with Crippen LogP contribution in [-0.2, 0) is 0 Å². The summed E-state index contributed by atoms with van der Waals surface area (Å²) < 4.78 is 2.33. The third-order valence-corrected chi connectivity index (χ3v) is 3.70. The van der Waals surface area contributed by atoms with Gasteiger partial charge in [0.15, 0.2) is 0 Å². The minimum atomic E-state index is -1.43. The topological polar surface area (TPSA) is 43.7 Å². The second kappa shape index (κ2) is 3.04. The molecule has 1 heterocycles. The number of piperazine rings is 1. The Morgan fingerprint density at radius 1 is 1.30 bits per heavy atom. The zero-order valence-corrected chi connectivity index (χ0v) is 7.69. The fourth-order valence-corrected chi connectivity index (χ4v) is 2.47. The van der Waals surface area contributed by atoms with Crippen molar-refractivity contribution in [3.05, 3.63) is 0 Å². The van der Waals surface area contributed by atoms with E-state index in [0.29, 0.717) is 0 Å². The van der Waals surface area contributed by atoms with Crippen molar-refractivity contribution < 1.29 is 5.32 Å². The Bertz CT molecular complexity index is 145. The minimum Gasteiger partial charge on any atom is -0.344 e. The molecular formula is C6H17N3P+. The number of hydrogen-bond donors (Lipinski definition) is 2. The molecule has 1 aliphatic rings. The normalized spacial score (nSPS) is 23.0. The summed E-state index contributed by atoms with van der Waals surface area (Å²) in [6.45, 7) is 8.73. The molecule has 0 radical (unpaired) electrons. The van der Waals surface area contributed by atoms with E-state index in [4.69, 9.17) is 5.16 Å². The fraction of sp³-hybridized carbons (Fsp3) is 1.00. The van der Waals surface area contributed by atoms with Crippen LogP contribution in [0.15, 0.2) is 0 Å². The molecule has 0 bridgehead atoms. The molecule has 0 saturated carbocycles. The maximum Gasteiger partial charge on any atom is 0.0888 e. The second-order valence-electron chi connectivity index (χ2n) is 3.21. The molecule has 3 nitrogen and oxygen atoms in total. The van der Waals surface area contributed by atoms with Crippen LogP contribution in [0.25, 0.3) is 0 Å². The maximum absolute atomic E-state index is 7.85. The van der Waals surface area contributed by atoms with Crippen LogP contribution < -0.4 is 5.32 Å². The molecule has 1 aliphatic heterocycles. The van der Waals surface area contributed by atoms with Crippen molar-refractivity contribution in [3.8, 4) is 0 Å². The third kappa shape index (κ3) is 2.08. The predicted octanol–water partition coefficient (Wildman–Crippen LogP) is -0.180. The van der Waals surface area contributed by atoms with Crippen molar-refractivity contribution in [3.63, 3.8) is 0 Å². The molecule has 0 aromatic rings. The van der Waals surface area contributed by atoms with Gasteiger partial charge in [-0.25, -0.2) is 0 Å². The summed E-state index contributed by atoms with van der Waals surface area (Å²) in [7, 11) is -1.43. The Balaban J connectivity index is 2.47. The van der Waals surface area contributed by atoms with Crippen LogP contribution in [0.5, 0.6) is 0 Å². The number of nitrogens with two attached hydrogens (primary N) is 1. The summed E-state index contributed by atoms with van der Waals surface area (Å²) in [4.78, 5) is 0. The number of quaternary nitrogens is 1. The highest BCUT2D eigenvalue weighted by Gasteiger charge is 2.18. The highest BCUT2D eigenvalue weighted by atomic mass is 31.2.